The lowest BCUT2D eigenvalue weighted by Gasteiger charge is -2.22. The van der Waals surface area contributed by atoms with Gasteiger partial charge in [0.25, 0.3) is 5.91 Å². The third-order valence-electron chi connectivity index (χ3n) is 5.14. The van der Waals surface area contributed by atoms with E-state index in [1.54, 1.807) is 11.1 Å². The fraction of sp³-hybridized carbons (Fsp3) is 0.455. The van der Waals surface area contributed by atoms with Crippen LogP contribution in [-0.2, 0) is 11.2 Å². The van der Waals surface area contributed by atoms with Gasteiger partial charge in [-0.3, -0.25) is 14.6 Å². The van der Waals surface area contributed by atoms with Gasteiger partial charge in [0.2, 0.25) is 5.91 Å². The molecule has 1 aliphatic heterocycles. The molecule has 1 aromatic heterocycles. The lowest BCUT2D eigenvalue weighted by atomic mass is 10.1. The van der Waals surface area contributed by atoms with Gasteiger partial charge in [0.15, 0.2) is 0 Å². The van der Waals surface area contributed by atoms with Gasteiger partial charge in [-0.1, -0.05) is 30.3 Å². The topological polar surface area (TPSA) is 78.4 Å². The second kappa shape index (κ2) is 11.3. The SMILES string of the molecule is O=C(CCN(CCc1ccccc1)C(=O)c1cnccn1)NCCN1CCCC1. The van der Waals surface area contributed by atoms with Crippen molar-refractivity contribution in [3.63, 3.8) is 0 Å². The molecule has 29 heavy (non-hydrogen) atoms. The first kappa shape index (κ1) is 20.9. The first-order valence-electron chi connectivity index (χ1n) is 10.3. The Morgan fingerprint density at radius 1 is 1.07 bits per heavy atom. The fourth-order valence-corrected chi connectivity index (χ4v) is 3.48. The first-order valence-corrected chi connectivity index (χ1v) is 10.3. The van der Waals surface area contributed by atoms with Crippen molar-refractivity contribution in [2.24, 2.45) is 0 Å². The van der Waals surface area contributed by atoms with Crippen molar-refractivity contribution in [1.29, 1.82) is 0 Å². The summed E-state index contributed by atoms with van der Waals surface area (Å²) in [5.41, 5.74) is 1.45. The maximum atomic E-state index is 12.9. The highest BCUT2D eigenvalue weighted by atomic mass is 16.2. The first-order chi connectivity index (χ1) is 14.2. The summed E-state index contributed by atoms with van der Waals surface area (Å²) in [6.07, 6.45) is 8.01. The molecule has 3 rings (SSSR count). The van der Waals surface area contributed by atoms with E-state index in [1.807, 2.05) is 30.3 Å². The number of nitrogens with one attached hydrogen (secondary N) is 1. The molecule has 1 fully saturated rings. The normalized spacial score (nSPS) is 13.9. The highest BCUT2D eigenvalue weighted by Gasteiger charge is 2.18. The Bertz CT molecular complexity index is 763. The smallest absolute Gasteiger partial charge is 0.274 e. The van der Waals surface area contributed by atoms with Crippen LogP contribution in [0.3, 0.4) is 0 Å². The van der Waals surface area contributed by atoms with Crippen LogP contribution >= 0.6 is 0 Å². The van der Waals surface area contributed by atoms with Gasteiger partial charge in [0.05, 0.1) is 6.20 Å². The lowest BCUT2D eigenvalue weighted by Crippen LogP contribution is -2.38. The summed E-state index contributed by atoms with van der Waals surface area (Å²) in [4.78, 5) is 37.3. The summed E-state index contributed by atoms with van der Waals surface area (Å²) >= 11 is 0. The molecule has 0 unspecified atom stereocenters. The number of nitrogens with zero attached hydrogens (tertiary/aromatic N) is 4. The van der Waals surface area contributed by atoms with Crippen molar-refractivity contribution in [3.8, 4) is 0 Å². The summed E-state index contributed by atoms with van der Waals surface area (Å²) in [6.45, 7) is 4.67. The van der Waals surface area contributed by atoms with Gasteiger partial charge in [-0.2, -0.15) is 0 Å². The monoisotopic (exact) mass is 395 g/mol. The van der Waals surface area contributed by atoms with Crippen molar-refractivity contribution in [2.45, 2.75) is 25.7 Å². The molecule has 0 aliphatic carbocycles. The summed E-state index contributed by atoms with van der Waals surface area (Å²) < 4.78 is 0. The van der Waals surface area contributed by atoms with Gasteiger partial charge in [0, 0.05) is 45.0 Å². The number of hydrogen-bond acceptors (Lipinski definition) is 5. The zero-order chi connectivity index (χ0) is 20.3. The quantitative estimate of drug-likeness (QED) is 0.663. The molecule has 1 aromatic carbocycles. The Balaban J connectivity index is 1.51. The Kier molecular flexibility index (Phi) is 8.12. The number of carbonyl (C=O) groups excluding carboxylic acids is 2. The molecule has 2 aromatic rings. The standard InChI is InChI=1S/C22H29N5O2/c28-21(25-12-17-26-13-4-5-14-26)9-16-27(15-8-19-6-2-1-3-7-19)22(29)20-18-23-10-11-24-20/h1-3,6-7,10-11,18H,4-5,8-9,12-17H2,(H,25,28). The Hall–Kier alpha value is -2.80. The maximum Gasteiger partial charge on any atom is 0.274 e. The van der Waals surface area contributed by atoms with Crippen molar-refractivity contribution >= 4 is 11.8 Å². The minimum atomic E-state index is -0.195. The Labute approximate surface area is 172 Å². The summed E-state index contributed by atoms with van der Waals surface area (Å²) in [5.74, 6) is -0.222. The predicted molar refractivity (Wildman–Crippen MR) is 111 cm³/mol. The predicted octanol–water partition coefficient (Wildman–Crippen LogP) is 1.76. The van der Waals surface area contributed by atoms with E-state index in [0.717, 1.165) is 31.6 Å². The second-order valence-electron chi connectivity index (χ2n) is 7.27. The maximum absolute atomic E-state index is 12.9. The van der Waals surface area contributed by atoms with Crippen molar-refractivity contribution in [1.82, 2.24) is 25.1 Å². The minimum absolute atomic E-state index is 0.0270. The number of hydrogen-bond donors (Lipinski definition) is 1. The summed E-state index contributed by atoms with van der Waals surface area (Å²) in [6, 6.07) is 10.0. The molecule has 2 heterocycles. The summed E-state index contributed by atoms with van der Waals surface area (Å²) in [7, 11) is 0. The fourth-order valence-electron chi connectivity index (χ4n) is 3.48. The van der Waals surface area contributed by atoms with Crippen LogP contribution in [0.15, 0.2) is 48.9 Å². The number of rotatable bonds is 10. The van der Waals surface area contributed by atoms with E-state index in [1.165, 1.54) is 25.2 Å². The number of aromatic nitrogens is 2. The van der Waals surface area contributed by atoms with E-state index >= 15 is 0 Å². The van der Waals surface area contributed by atoms with Crippen LogP contribution in [0.5, 0.6) is 0 Å². The molecule has 1 N–H and O–H groups in total. The summed E-state index contributed by atoms with van der Waals surface area (Å²) in [5, 5.41) is 2.97. The zero-order valence-electron chi connectivity index (χ0n) is 16.8. The average Bonchev–Trinajstić information content (AvgIpc) is 3.28. The van der Waals surface area contributed by atoms with Crippen molar-refractivity contribution in [3.05, 3.63) is 60.2 Å². The van der Waals surface area contributed by atoms with Gasteiger partial charge in [-0.05, 0) is 37.9 Å². The van der Waals surface area contributed by atoms with Crippen molar-refractivity contribution < 1.29 is 9.59 Å². The van der Waals surface area contributed by atoms with Crippen LogP contribution in [0.4, 0.5) is 0 Å². The molecule has 2 amide bonds. The molecule has 1 saturated heterocycles. The molecule has 1 aliphatic rings. The van der Waals surface area contributed by atoms with E-state index in [0.29, 0.717) is 25.3 Å². The molecular formula is C22H29N5O2. The third-order valence-corrected chi connectivity index (χ3v) is 5.14. The Morgan fingerprint density at radius 2 is 1.86 bits per heavy atom. The average molecular weight is 396 g/mol. The minimum Gasteiger partial charge on any atom is -0.355 e. The molecule has 0 atom stereocenters. The van der Waals surface area contributed by atoms with E-state index in [2.05, 4.69) is 20.2 Å². The third kappa shape index (κ3) is 6.94. The lowest BCUT2D eigenvalue weighted by molar-refractivity contribution is -0.121. The van der Waals surface area contributed by atoms with Crippen LogP contribution < -0.4 is 5.32 Å². The van der Waals surface area contributed by atoms with Crippen LogP contribution in [0.25, 0.3) is 0 Å². The van der Waals surface area contributed by atoms with Gasteiger partial charge in [-0.15, -0.1) is 0 Å². The number of amides is 2. The Morgan fingerprint density at radius 3 is 2.59 bits per heavy atom. The molecule has 7 heteroatoms. The van der Waals surface area contributed by atoms with Crippen LogP contribution in [0.1, 0.15) is 35.3 Å². The van der Waals surface area contributed by atoms with E-state index in [9.17, 15) is 9.59 Å². The number of likely N-dealkylation sites (tertiary alicyclic amines) is 1. The van der Waals surface area contributed by atoms with E-state index < -0.39 is 0 Å². The van der Waals surface area contributed by atoms with Crippen molar-refractivity contribution in [2.75, 3.05) is 39.3 Å². The van der Waals surface area contributed by atoms with E-state index in [-0.39, 0.29) is 18.2 Å². The van der Waals surface area contributed by atoms with Crippen LogP contribution in [0.2, 0.25) is 0 Å². The largest absolute Gasteiger partial charge is 0.355 e. The van der Waals surface area contributed by atoms with Gasteiger partial charge >= 0.3 is 0 Å². The molecule has 0 radical (unpaired) electrons. The van der Waals surface area contributed by atoms with Gasteiger partial charge in [-0.25, -0.2) is 4.98 Å². The number of carbonyl (C=O) groups is 2. The zero-order valence-corrected chi connectivity index (χ0v) is 16.8. The number of benzene rings is 1. The molecule has 7 nitrogen and oxygen atoms in total. The molecule has 0 saturated carbocycles. The van der Waals surface area contributed by atoms with Gasteiger partial charge in [0.1, 0.15) is 5.69 Å². The highest BCUT2D eigenvalue weighted by molar-refractivity contribution is 5.92. The van der Waals surface area contributed by atoms with Crippen LogP contribution in [0, 0.1) is 0 Å². The van der Waals surface area contributed by atoms with E-state index in [4.69, 9.17) is 0 Å². The molecule has 0 spiro atoms. The second-order valence-corrected chi connectivity index (χ2v) is 7.27. The molecule has 154 valence electrons. The molecular weight excluding hydrogens is 366 g/mol. The van der Waals surface area contributed by atoms with Gasteiger partial charge < -0.3 is 15.1 Å². The molecule has 0 bridgehead atoms. The van der Waals surface area contributed by atoms with Crippen LogP contribution in [-0.4, -0.2) is 70.9 Å². The highest BCUT2D eigenvalue weighted by Crippen LogP contribution is 2.07.